The first-order valence-electron chi connectivity index (χ1n) is 30.6. The molecule has 10 saturated carbocycles. The van der Waals surface area contributed by atoms with E-state index in [9.17, 15) is 0 Å². The molecule has 0 bridgehead atoms. The van der Waals surface area contributed by atoms with Crippen LogP contribution in [-0.2, 0) is 0 Å². The summed E-state index contributed by atoms with van der Waals surface area (Å²) in [6.45, 7) is 0. The Labute approximate surface area is 391 Å². The fourth-order valence-corrected chi connectivity index (χ4v) is 19.2. The van der Waals surface area contributed by atoms with E-state index in [1.54, 1.807) is 96.3 Å². The topological polar surface area (TPSA) is 9.72 Å². The van der Waals surface area contributed by atoms with Crippen molar-refractivity contribution in [3.63, 3.8) is 0 Å². The highest BCUT2D eigenvalue weighted by Crippen LogP contribution is 2.53. The van der Waals surface area contributed by atoms with Gasteiger partial charge in [0.1, 0.15) is 0 Å². The predicted molar refractivity (Wildman–Crippen MR) is 268 cm³/mol. The summed E-state index contributed by atoms with van der Waals surface area (Å²) in [5.74, 6) is 6.26. The predicted octanol–water partition coefficient (Wildman–Crippen LogP) is 16.6. The molecule has 0 aromatic carbocycles. The summed E-state index contributed by atoms with van der Waals surface area (Å²) in [6.07, 6.45) is 69.1. The van der Waals surface area contributed by atoms with Crippen molar-refractivity contribution in [2.24, 2.45) is 35.5 Å². The van der Waals surface area contributed by atoms with Crippen LogP contribution < -0.4 is 0 Å². The maximum Gasteiger partial charge on any atom is 0.0101 e. The zero-order valence-electron chi connectivity index (χ0n) is 41.8. The van der Waals surface area contributed by atoms with Crippen molar-refractivity contribution in [3.05, 3.63) is 0 Å². The van der Waals surface area contributed by atoms with E-state index in [-0.39, 0.29) is 0 Å². The van der Waals surface area contributed by atoms with Crippen molar-refractivity contribution in [2.45, 2.75) is 343 Å². The lowest BCUT2D eigenvalue weighted by atomic mass is 9.58. The maximum atomic E-state index is 3.27. The van der Waals surface area contributed by atoms with Gasteiger partial charge in [-0.2, -0.15) is 0 Å². The minimum absolute atomic E-state index is 0.917. The zero-order valence-corrected chi connectivity index (χ0v) is 41.8. The van der Waals surface area contributed by atoms with Crippen molar-refractivity contribution in [3.8, 4) is 0 Å². The van der Waals surface area contributed by atoms with Gasteiger partial charge in [0.05, 0.1) is 0 Å². The first-order chi connectivity index (χ1) is 31.2. The van der Waals surface area contributed by atoms with Gasteiger partial charge in [-0.1, -0.05) is 116 Å². The van der Waals surface area contributed by atoms with Crippen LogP contribution in [0.25, 0.3) is 0 Å². The van der Waals surface area contributed by atoms with Crippen LogP contribution in [0.2, 0.25) is 0 Å². The van der Waals surface area contributed by atoms with Crippen LogP contribution in [0.5, 0.6) is 0 Å². The molecule has 0 aliphatic heterocycles. The first kappa shape index (κ1) is 46.6. The standard InChI is InChI=1S/C60H105N3/c1-7-19-52(20-8-1)61(53-21-9-2-10-22-53)58-37-31-46(32-38-58)49-43-50(47-33-39-59(40-34-47)62(54-23-11-3-12-24-54)55-25-13-4-14-26-55)45-51(44-49)48-35-41-60(42-36-48)63(56-27-15-5-16-28-56)57-29-17-6-18-30-57/h46-60H,1-45H2. The third-order valence-electron chi connectivity index (χ3n) is 22.3. The van der Waals surface area contributed by atoms with Gasteiger partial charge in [-0.25, -0.2) is 0 Å². The minimum atomic E-state index is 0.917. The van der Waals surface area contributed by atoms with Crippen molar-refractivity contribution in [2.75, 3.05) is 0 Å². The fraction of sp³-hybridized carbons (Fsp3) is 1.00. The number of hydrogen-bond donors (Lipinski definition) is 0. The fourth-order valence-electron chi connectivity index (χ4n) is 19.2. The molecular weight excluding hydrogens is 763 g/mol. The molecule has 10 fully saturated rings. The highest BCUT2D eigenvalue weighted by Gasteiger charge is 2.46. The van der Waals surface area contributed by atoms with Gasteiger partial charge in [0, 0.05) is 54.4 Å². The summed E-state index contributed by atoms with van der Waals surface area (Å²) in [5.41, 5.74) is 0. The van der Waals surface area contributed by atoms with Crippen LogP contribution in [0.4, 0.5) is 0 Å². The quantitative estimate of drug-likeness (QED) is 0.193. The van der Waals surface area contributed by atoms with Gasteiger partial charge < -0.3 is 0 Å². The lowest BCUT2D eigenvalue weighted by Crippen LogP contribution is -2.53. The van der Waals surface area contributed by atoms with E-state index < -0.39 is 0 Å². The molecule has 360 valence electrons. The normalized spacial score (nSPS) is 39.0. The van der Waals surface area contributed by atoms with E-state index in [2.05, 4.69) is 14.7 Å². The molecule has 0 spiro atoms. The second-order valence-corrected chi connectivity index (χ2v) is 25.8. The average Bonchev–Trinajstić information content (AvgIpc) is 3.37. The summed E-state index contributed by atoms with van der Waals surface area (Å²) in [7, 11) is 0. The van der Waals surface area contributed by atoms with Gasteiger partial charge in [-0.3, -0.25) is 14.7 Å². The Morgan fingerprint density at radius 3 is 0.476 bits per heavy atom. The Morgan fingerprint density at radius 1 is 0.143 bits per heavy atom. The second-order valence-electron chi connectivity index (χ2n) is 25.8. The summed E-state index contributed by atoms with van der Waals surface area (Å²) in [5, 5.41) is 0. The highest BCUT2D eigenvalue weighted by molar-refractivity contribution is 4.99. The smallest absolute Gasteiger partial charge is 0.0101 e. The molecule has 0 atom stereocenters. The van der Waals surface area contributed by atoms with Gasteiger partial charge in [0.2, 0.25) is 0 Å². The van der Waals surface area contributed by atoms with Crippen molar-refractivity contribution in [1.82, 2.24) is 14.7 Å². The Balaban J connectivity index is 0.818. The molecule has 0 aromatic rings. The minimum Gasteiger partial charge on any atom is -0.294 e. The molecule has 0 unspecified atom stereocenters. The molecule has 63 heavy (non-hydrogen) atoms. The Bertz CT molecular complexity index is 1050. The molecule has 3 heteroatoms. The monoisotopic (exact) mass is 868 g/mol. The van der Waals surface area contributed by atoms with Gasteiger partial charge >= 0.3 is 0 Å². The molecule has 0 amide bonds. The van der Waals surface area contributed by atoms with E-state index in [0.717, 1.165) is 89.9 Å². The van der Waals surface area contributed by atoms with E-state index in [1.807, 2.05) is 0 Å². The summed E-state index contributed by atoms with van der Waals surface area (Å²) in [4.78, 5) is 9.81. The number of rotatable bonds is 12. The second kappa shape index (κ2) is 23.5. The summed E-state index contributed by atoms with van der Waals surface area (Å²) >= 11 is 0. The summed E-state index contributed by atoms with van der Waals surface area (Å²) < 4.78 is 0. The highest BCUT2D eigenvalue weighted by atomic mass is 15.2. The first-order valence-corrected chi connectivity index (χ1v) is 30.6. The van der Waals surface area contributed by atoms with Crippen LogP contribution in [0.15, 0.2) is 0 Å². The van der Waals surface area contributed by atoms with Crippen molar-refractivity contribution in [1.29, 1.82) is 0 Å². The van der Waals surface area contributed by atoms with Crippen molar-refractivity contribution >= 4 is 0 Å². The van der Waals surface area contributed by atoms with Crippen LogP contribution in [-0.4, -0.2) is 69.1 Å². The van der Waals surface area contributed by atoms with Gasteiger partial charge in [0.25, 0.3) is 0 Å². The molecule has 10 aliphatic carbocycles. The largest absolute Gasteiger partial charge is 0.294 e. The van der Waals surface area contributed by atoms with E-state index in [1.165, 1.54) is 193 Å². The maximum absolute atomic E-state index is 3.27. The molecule has 10 aliphatic rings. The Morgan fingerprint density at radius 2 is 0.302 bits per heavy atom. The molecule has 0 N–H and O–H groups in total. The van der Waals surface area contributed by atoms with Gasteiger partial charge in [-0.15, -0.1) is 0 Å². The van der Waals surface area contributed by atoms with Crippen LogP contribution in [0.3, 0.4) is 0 Å². The molecule has 10 rings (SSSR count). The Hall–Kier alpha value is -0.120. The van der Waals surface area contributed by atoms with Gasteiger partial charge in [-0.05, 0) is 209 Å². The summed E-state index contributed by atoms with van der Waals surface area (Å²) in [6, 6.07) is 8.32. The third kappa shape index (κ3) is 11.7. The number of nitrogens with zero attached hydrogens (tertiary/aromatic N) is 3. The average molecular weight is 869 g/mol. The molecule has 0 heterocycles. The van der Waals surface area contributed by atoms with Gasteiger partial charge in [0.15, 0.2) is 0 Å². The van der Waals surface area contributed by atoms with Crippen LogP contribution in [0, 0.1) is 35.5 Å². The molecule has 0 aromatic heterocycles. The zero-order chi connectivity index (χ0) is 42.2. The molecular formula is C60H105N3. The molecule has 0 radical (unpaired) electrons. The Kier molecular flexibility index (Phi) is 17.4. The van der Waals surface area contributed by atoms with E-state index in [0.29, 0.717) is 0 Å². The van der Waals surface area contributed by atoms with Crippen LogP contribution >= 0.6 is 0 Å². The van der Waals surface area contributed by atoms with E-state index >= 15 is 0 Å². The van der Waals surface area contributed by atoms with Crippen LogP contribution in [0.1, 0.15) is 289 Å². The molecule has 0 saturated heterocycles. The molecule has 3 nitrogen and oxygen atoms in total. The van der Waals surface area contributed by atoms with E-state index in [4.69, 9.17) is 0 Å². The third-order valence-corrected chi connectivity index (χ3v) is 22.3. The SMILES string of the molecule is C1CCC(N(C2CCCCC2)C2CCC(C3CC(C4CCC(N(C5CCCCC5)C5CCCCC5)CC4)CC(C4CCC(N(C5CCCCC5)C5CCCCC5)CC4)C3)CC2)CC1. The van der Waals surface area contributed by atoms with Crippen molar-refractivity contribution < 1.29 is 0 Å². The number of hydrogen-bond acceptors (Lipinski definition) is 3. The lowest BCUT2D eigenvalue weighted by molar-refractivity contribution is -0.0192. The lowest BCUT2D eigenvalue weighted by Gasteiger charge is -2.52.